The second kappa shape index (κ2) is 10.2. The zero-order valence-electron chi connectivity index (χ0n) is 21.1. The van der Waals surface area contributed by atoms with Crippen LogP contribution in [0.2, 0.25) is 0 Å². The molecule has 0 atom stereocenters. The minimum atomic E-state index is -4.57. The van der Waals surface area contributed by atoms with Crippen LogP contribution in [-0.2, 0) is 16.2 Å². The number of fused-ring (bicyclic) bond motifs is 2. The smallest absolute Gasteiger partial charge is 0.416 e. The fourth-order valence-electron chi connectivity index (χ4n) is 4.53. The third kappa shape index (κ3) is 5.30. The van der Waals surface area contributed by atoms with Crippen LogP contribution in [0.25, 0.3) is 0 Å². The van der Waals surface area contributed by atoms with E-state index in [1.165, 1.54) is 29.6 Å². The van der Waals surface area contributed by atoms with Crippen LogP contribution in [0.4, 0.5) is 23.2 Å². The van der Waals surface area contributed by atoms with E-state index in [1.54, 1.807) is 25.1 Å². The second-order valence-corrected chi connectivity index (χ2v) is 11.2. The Labute approximate surface area is 223 Å². The monoisotopic (exact) mass is 563 g/mol. The first-order valence-corrected chi connectivity index (χ1v) is 13.6. The van der Waals surface area contributed by atoms with Crippen molar-refractivity contribution in [2.45, 2.75) is 24.4 Å². The van der Waals surface area contributed by atoms with E-state index < -0.39 is 27.6 Å². The molecule has 0 N–H and O–H groups in total. The van der Waals surface area contributed by atoms with Gasteiger partial charge in [0.1, 0.15) is 28.8 Å². The predicted octanol–water partition coefficient (Wildman–Crippen LogP) is 5.74. The standard InChI is InChI=1S/C27H25F4N3O4S/c1-17-4-7-20(16-22(17)28)39(35,36)34-11-3-10-33(12-13-34)26-21-15-19(37-2)6-9-24(21)38-25-8-5-18(27(29,30)31)14-23(25)32-26/h4-9,14-16H,3,10-13H2,1-2H3. The number of aryl methyl sites for hydroxylation is 1. The lowest BCUT2D eigenvalue weighted by atomic mass is 10.1. The first-order chi connectivity index (χ1) is 18.5. The number of aliphatic imine (C=N–C) groups is 1. The van der Waals surface area contributed by atoms with Gasteiger partial charge in [-0.3, -0.25) is 0 Å². The summed E-state index contributed by atoms with van der Waals surface area (Å²) in [5, 5.41) is 0. The molecular formula is C27H25F4N3O4S. The molecule has 0 saturated carbocycles. The van der Waals surface area contributed by atoms with Crippen LogP contribution in [0.15, 0.2) is 64.5 Å². The highest BCUT2D eigenvalue weighted by Crippen LogP contribution is 2.42. The average Bonchev–Trinajstić information content (AvgIpc) is 3.24. The van der Waals surface area contributed by atoms with Crippen molar-refractivity contribution in [3.63, 3.8) is 0 Å². The molecule has 206 valence electrons. The predicted molar refractivity (Wildman–Crippen MR) is 137 cm³/mol. The van der Waals surface area contributed by atoms with Gasteiger partial charge in [0, 0.05) is 26.2 Å². The Balaban J connectivity index is 1.52. The van der Waals surface area contributed by atoms with Crippen LogP contribution in [0, 0.1) is 12.7 Å². The van der Waals surface area contributed by atoms with E-state index in [0.717, 1.165) is 18.2 Å². The van der Waals surface area contributed by atoms with Crippen LogP contribution in [-0.4, -0.2) is 56.7 Å². The Morgan fingerprint density at radius 1 is 0.949 bits per heavy atom. The number of methoxy groups -OCH3 is 1. The molecule has 3 aromatic rings. The number of nitrogens with zero attached hydrogens (tertiary/aromatic N) is 3. The van der Waals surface area contributed by atoms with E-state index in [4.69, 9.17) is 9.47 Å². The van der Waals surface area contributed by atoms with Crippen molar-refractivity contribution in [3.8, 4) is 17.2 Å². The van der Waals surface area contributed by atoms with Gasteiger partial charge in [-0.15, -0.1) is 0 Å². The lowest BCUT2D eigenvalue weighted by molar-refractivity contribution is -0.137. The Morgan fingerprint density at radius 3 is 2.44 bits per heavy atom. The topological polar surface area (TPSA) is 71.4 Å². The molecule has 0 unspecified atom stereocenters. The number of hydrogen-bond acceptors (Lipinski definition) is 6. The molecule has 0 radical (unpaired) electrons. The largest absolute Gasteiger partial charge is 0.497 e. The number of hydrogen-bond donors (Lipinski definition) is 0. The quantitative estimate of drug-likeness (QED) is 0.380. The Hall–Kier alpha value is -3.64. The lowest BCUT2D eigenvalue weighted by Crippen LogP contribution is -2.37. The Bertz CT molecular complexity index is 1560. The normalized spacial score (nSPS) is 16.4. The molecule has 1 saturated heterocycles. The van der Waals surface area contributed by atoms with Gasteiger partial charge >= 0.3 is 6.18 Å². The molecule has 39 heavy (non-hydrogen) atoms. The first kappa shape index (κ1) is 26.9. The van der Waals surface area contributed by atoms with Crippen molar-refractivity contribution in [1.29, 1.82) is 0 Å². The lowest BCUT2D eigenvalue weighted by Gasteiger charge is -2.25. The van der Waals surface area contributed by atoms with Crippen molar-refractivity contribution in [2.75, 3.05) is 33.3 Å². The van der Waals surface area contributed by atoms with Gasteiger partial charge in [-0.25, -0.2) is 17.8 Å². The number of ether oxygens (including phenoxy) is 2. The van der Waals surface area contributed by atoms with Gasteiger partial charge in [0.2, 0.25) is 10.0 Å². The summed E-state index contributed by atoms with van der Waals surface area (Å²) in [5.41, 5.74) is -0.0301. The van der Waals surface area contributed by atoms with Crippen LogP contribution in [0.3, 0.4) is 0 Å². The van der Waals surface area contributed by atoms with Crippen LogP contribution < -0.4 is 9.47 Å². The zero-order chi connectivity index (χ0) is 27.9. The van der Waals surface area contributed by atoms with E-state index in [1.807, 2.05) is 4.90 Å². The summed E-state index contributed by atoms with van der Waals surface area (Å²) in [5.74, 6) is 0.750. The third-order valence-electron chi connectivity index (χ3n) is 6.70. The summed E-state index contributed by atoms with van der Waals surface area (Å²) in [4.78, 5) is 6.29. The number of rotatable bonds is 3. The van der Waals surface area contributed by atoms with E-state index in [2.05, 4.69) is 4.99 Å². The fraction of sp³-hybridized carbons (Fsp3) is 0.296. The van der Waals surface area contributed by atoms with E-state index in [-0.39, 0.29) is 36.0 Å². The Kier molecular flexibility index (Phi) is 7.02. The van der Waals surface area contributed by atoms with Gasteiger partial charge in [-0.2, -0.15) is 17.5 Å². The SMILES string of the molecule is COc1ccc2c(c1)C(N1CCCN(S(=O)(=O)c3ccc(C)c(F)c3)CC1)=Nc1cc(C(F)(F)F)ccc1O2. The van der Waals surface area contributed by atoms with Gasteiger partial charge in [-0.1, -0.05) is 6.07 Å². The minimum Gasteiger partial charge on any atom is -0.497 e. The molecule has 0 aromatic heterocycles. The van der Waals surface area contributed by atoms with Crippen molar-refractivity contribution >= 4 is 21.5 Å². The summed E-state index contributed by atoms with van der Waals surface area (Å²) in [6.07, 6.45) is -4.16. The number of amidine groups is 1. The van der Waals surface area contributed by atoms with Gasteiger partial charge in [0.15, 0.2) is 5.75 Å². The minimum absolute atomic E-state index is 0.00107. The summed E-state index contributed by atoms with van der Waals surface area (Å²) < 4.78 is 93.7. The molecule has 2 heterocycles. The van der Waals surface area contributed by atoms with E-state index in [9.17, 15) is 26.0 Å². The molecule has 12 heteroatoms. The number of benzene rings is 3. The molecular weight excluding hydrogens is 538 g/mol. The molecule has 5 rings (SSSR count). The summed E-state index contributed by atoms with van der Waals surface area (Å²) in [6.45, 7) is 2.36. The molecule has 7 nitrogen and oxygen atoms in total. The van der Waals surface area contributed by atoms with Crippen molar-refractivity contribution < 1.29 is 35.5 Å². The van der Waals surface area contributed by atoms with Gasteiger partial charge in [0.25, 0.3) is 0 Å². The maximum Gasteiger partial charge on any atom is 0.416 e. The van der Waals surface area contributed by atoms with Crippen LogP contribution in [0.5, 0.6) is 17.2 Å². The van der Waals surface area contributed by atoms with Gasteiger partial charge in [-0.05, 0) is 67.4 Å². The highest BCUT2D eigenvalue weighted by molar-refractivity contribution is 7.89. The molecule has 0 aliphatic carbocycles. The molecule has 2 aliphatic heterocycles. The number of alkyl halides is 3. The molecule has 2 aliphatic rings. The highest BCUT2D eigenvalue weighted by atomic mass is 32.2. The summed E-state index contributed by atoms with van der Waals surface area (Å²) in [7, 11) is -2.48. The molecule has 0 spiro atoms. The first-order valence-electron chi connectivity index (χ1n) is 12.1. The molecule has 1 fully saturated rings. The Morgan fingerprint density at radius 2 is 1.72 bits per heavy atom. The molecule has 0 amide bonds. The van der Waals surface area contributed by atoms with Crippen molar-refractivity contribution in [3.05, 3.63) is 77.1 Å². The van der Waals surface area contributed by atoms with Crippen molar-refractivity contribution in [2.24, 2.45) is 4.99 Å². The van der Waals surface area contributed by atoms with E-state index in [0.29, 0.717) is 41.4 Å². The summed E-state index contributed by atoms with van der Waals surface area (Å²) >= 11 is 0. The number of halogens is 4. The molecule has 0 bridgehead atoms. The van der Waals surface area contributed by atoms with E-state index >= 15 is 0 Å². The maximum absolute atomic E-state index is 14.1. The summed E-state index contributed by atoms with van der Waals surface area (Å²) in [6, 6.07) is 11.9. The fourth-order valence-corrected chi connectivity index (χ4v) is 6.01. The van der Waals surface area contributed by atoms with Gasteiger partial charge in [0.05, 0.1) is 23.1 Å². The second-order valence-electron chi connectivity index (χ2n) is 9.24. The third-order valence-corrected chi connectivity index (χ3v) is 8.59. The van der Waals surface area contributed by atoms with Crippen LogP contribution >= 0.6 is 0 Å². The van der Waals surface area contributed by atoms with Crippen molar-refractivity contribution in [1.82, 2.24) is 9.21 Å². The molecule has 3 aromatic carbocycles. The highest BCUT2D eigenvalue weighted by Gasteiger charge is 2.33. The van der Waals surface area contributed by atoms with Crippen LogP contribution in [0.1, 0.15) is 23.1 Å². The maximum atomic E-state index is 14.1. The number of sulfonamides is 1. The average molecular weight is 564 g/mol. The zero-order valence-corrected chi connectivity index (χ0v) is 21.9. The van der Waals surface area contributed by atoms with Gasteiger partial charge < -0.3 is 14.4 Å².